The molecule has 0 nitrogen and oxygen atoms in total. The van der Waals surface area contributed by atoms with E-state index in [2.05, 4.69) is 29.1 Å². The van der Waals surface area contributed by atoms with Gasteiger partial charge < -0.3 is 0 Å². The molecule has 0 saturated heterocycles. The van der Waals surface area contributed by atoms with Crippen molar-refractivity contribution >= 4 is 27.7 Å². The fourth-order valence-corrected chi connectivity index (χ4v) is 2.03. The molecular weight excluding hydrogens is 196 g/mol. The van der Waals surface area contributed by atoms with Gasteiger partial charge in [-0.05, 0) is 24.3 Å². The van der Waals surface area contributed by atoms with Gasteiger partial charge in [0.2, 0.25) is 0 Å². The molecule has 0 aromatic heterocycles. The summed E-state index contributed by atoms with van der Waals surface area (Å²) in [4.78, 5) is 0. The lowest BCUT2D eigenvalue weighted by Crippen LogP contribution is -2.00. The number of hydrogen-bond donors (Lipinski definition) is 0. The first-order chi connectivity index (χ1) is 4.35. The second-order valence-electron chi connectivity index (χ2n) is 2.21. The molecule has 0 N–H and O–H groups in total. The molecule has 0 amide bonds. The molecule has 0 radical (unpaired) electrons. The fourth-order valence-electron chi connectivity index (χ4n) is 0.675. The molecule has 0 bridgehead atoms. The van der Waals surface area contributed by atoms with Crippen molar-refractivity contribution < 1.29 is 0 Å². The summed E-state index contributed by atoms with van der Waals surface area (Å²) in [5, 5.41) is 1.17. The van der Waals surface area contributed by atoms with Gasteiger partial charge in [0.05, 0.1) is 0 Å². The van der Waals surface area contributed by atoms with Crippen molar-refractivity contribution in [1.29, 1.82) is 0 Å². The Balaban J connectivity index is 3.09. The van der Waals surface area contributed by atoms with Gasteiger partial charge in [-0.2, -0.15) is 11.8 Å². The smallest absolute Gasteiger partial charge is 0.00598 e. The molecule has 0 aliphatic carbocycles. The van der Waals surface area contributed by atoms with Crippen molar-refractivity contribution in [2.45, 2.75) is 19.8 Å². The third kappa shape index (κ3) is 5.28. The maximum Gasteiger partial charge on any atom is 0.00598 e. The van der Waals surface area contributed by atoms with Gasteiger partial charge in [-0.3, -0.25) is 0 Å². The summed E-state index contributed by atoms with van der Waals surface area (Å²) in [6, 6.07) is 0. The topological polar surface area (TPSA) is 0 Å². The normalized spacial score (nSPS) is 13.7. The second kappa shape index (κ2) is 6.94. The van der Waals surface area contributed by atoms with Crippen molar-refractivity contribution in [1.82, 2.24) is 0 Å². The Morgan fingerprint density at radius 2 is 2.22 bits per heavy atom. The molecule has 2 heteroatoms. The Labute approximate surface area is 70.9 Å². The van der Waals surface area contributed by atoms with Crippen molar-refractivity contribution in [3.63, 3.8) is 0 Å². The van der Waals surface area contributed by atoms with Crippen LogP contribution < -0.4 is 0 Å². The van der Waals surface area contributed by atoms with Crippen LogP contribution in [-0.2, 0) is 0 Å². The molecule has 0 aromatic rings. The highest BCUT2D eigenvalue weighted by Crippen LogP contribution is 2.13. The molecule has 9 heavy (non-hydrogen) atoms. The molecule has 0 aromatic carbocycles. The maximum atomic E-state index is 3.50. The van der Waals surface area contributed by atoms with Crippen molar-refractivity contribution in [3.8, 4) is 0 Å². The van der Waals surface area contributed by atoms with Crippen LogP contribution in [-0.4, -0.2) is 17.3 Å². The molecular formula is C7H15BrS. The van der Waals surface area contributed by atoms with Crippen LogP contribution in [0.25, 0.3) is 0 Å². The predicted molar refractivity (Wildman–Crippen MR) is 50.6 cm³/mol. The summed E-state index contributed by atoms with van der Waals surface area (Å²) in [7, 11) is 0. The van der Waals surface area contributed by atoms with E-state index in [1.165, 1.54) is 23.9 Å². The van der Waals surface area contributed by atoms with Crippen LogP contribution in [0.15, 0.2) is 0 Å². The van der Waals surface area contributed by atoms with Crippen LogP contribution in [0.2, 0.25) is 0 Å². The highest BCUT2D eigenvalue weighted by atomic mass is 79.9. The van der Waals surface area contributed by atoms with E-state index >= 15 is 0 Å². The Kier molecular flexibility index (Phi) is 7.58. The summed E-state index contributed by atoms with van der Waals surface area (Å²) in [5.41, 5.74) is 0. The van der Waals surface area contributed by atoms with Crippen LogP contribution in [0.3, 0.4) is 0 Å². The fraction of sp³-hybridized carbons (Fsp3) is 1.00. The molecule has 0 saturated carbocycles. The van der Waals surface area contributed by atoms with Gasteiger partial charge >= 0.3 is 0 Å². The number of rotatable bonds is 5. The summed E-state index contributed by atoms with van der Waals surface area (Å²) in [6.45, 7) is 2.26. The van der Waals surface area contributed by atoms with Gasteiger partial charge in [-0.1, -0.05) is 29.3 Å². The zero-order valence-electron chi connectivity index (χ0n) is 6.19. The molecule has 0 heterocycles. The van der Waals surface area contributed by atoms with E-state index in [9.17, 15) is 0 Å². The van der Waals surface area contributed by atoms with Crippen LogP contribution in [0.5, 0.6) is 0 Å². The molecule has 1 atom stereocenters. The van der Waals surface area contributed by atoms with Gasteiger partial charge in [0, 0.05) is 5.33 Å². The molecule has 0 aliphatic heterocycles. The Bertz CT molecular complexity index is 52.9. The van der Waals surface area contributed by atoms with E-state index in [1.807, 2.05) is 11.8 Å². The van der Waals surface area contributed by atoms with E-state index in [-0.39, 0.29) is 0 Å². The zero-order valence-corrected chi connectivity index (χ0v) is 8.59. The average molecular weight is 211 g/mol. The first kappa shape index (κ1) is 9.83. The lowest BCUT2D eigenvalue weighted by Gasteiger charge is -2.08. The van der Waals surface area contributed by atoms with Gasteiger partial charge in [0.1, 0.15) is 0 Å². The van der Waals surface area contributed by atoms with E-state index in [0.717, 1.165) is 5.92 Å². The van der Waals surface area contributed by atoms with Crippen LogP contribution in [0.4, 0.5) is 0 Å². The SMILES string of the molecule is CCC(CBr)CCSC. The number of hydrogen-bond acceptors (Lipinski definition) is 1. The minimum Gasteiger partial charge on any atom is -0.165 e. The highest BCUT2D eigenvalue weighted by Gasteiger charge is 2.01. The number of thioether (sulfide) groups is 1. The summed E-state index contributed by atoms with van der Waals surface area (Å²) >= 11 is 5.44. The third-order valence-electron chi connectivity index (χ3n) is 1.53. The Morgan fingerprint density at radius 3 is 2.56 bits per heavy atom. The summed E-state index contributed by atoms with van der Waals surface area (Å²) in [5.74, 6) is 2.21. The van der Waals surface area contributed by atoms with E-state index in [0.29, 0.717) is 0 Å². The molecule has 0 rings (SSSR count). The zero-order chi connectivity index (χ0) is 7.11. The average Bonchev–Trinajstić information content (AvgIpc) is 1.91. The monoisotopic (exact) mass is 210 g/mol. The van der Waals surface area contributed by atoms with E-state index < -0.39 is 0 Å². The quantitative estimate of drug-likeness (QED) is 0.629. The molecule has 56 valence electrons. The van der Waals surface area contributed by atoms with Crippen molar-refractivity contribution in [2.24, 2.45) is 5.92 Å². The molecule has 0 spiro atoms. The highest BCUT2D eigenvalue weighted by molar-refractivity contribution is 9.09. The molecule has 0 fully saturated rings. The van der Waals surface area contributed by atoms with Gasteiger partial charge in [-0.15, -0.1) is 0 Å². The van der Waals surface area contributed by atoms with Crippen LogP contribution in [0.1, 0.15) is 19.8 Å². The van der Waals surface area contributed by atoms with Gasteiger partial charge in [-0.25, -0.2) is 0 Å². The first-order valence-corrected chi connectivity index (χ1v) is 5.91. The Hall–Kier alpha value is 0.830. The minimum atomic E-state index is 0.900. The van der Waals surface area contributed by atoms with Crippen molar-refractivity contribution in [3.05, 3.63) is 0 Å². The first-order valence-electron chi connectivity index (χ1n) is 3.40. The lowest BCUT2D eigenvalue weighted by molar-refractivity contribution is 0.562. The summed E-state index contributed by atoms with van der Waals surface area (Å²) in [6.07, 6.45) is 4.84. The third-order valence-corrected chi connectivity index (χ3v) is 3.09. The molecule has 0 aliphatic rings. The van der Waals surface area contributed by atoms with Crippen molar-refractivity contribution in [2.75, 3.05) is 17.3 Å². The largest absolute Gasteiger partial charge is 0.165 e. The van der Waals surface area contributed by atoms with Crippen LogP contribution in [0, 0.1) is 5.92 Å². The standard InChI is InChI=1S/C7H15BrS/c1-3-7(6-8)4-5-9-2/h7H,3-6H2,1-2H3. The van der Waals surface area contributed by atoms with E-state index in [4.69, 9.17) is 0 Å². The number of alkyl halides is 1. The lowest BCUT2D eigenvalue weighted by atomic mass is 10.1. The minimum absolute atomic E-state index is 0.900. The number of halogens is 1. The van der Waals surface area contributed by atoms with E-state index in [1.54, 1.807) is 0 Å². The predicted octanol–water partition coefficient (Wildman–Crippen LogP) is 3.16. The second-order valence-corrected chi connectivity index (χ2v) is 3.84. The van der Waals surface area contributed by atoms with Gasteiger partial charge in [0.15, 0.2) is 0 Å². The summed E-state index contributed by atoms with van der Waals surface area (Å²) < 4.78 is 0. The maximum absolute atomic E-state index is 3.50. The van der Waals surface area contributed by atoms with Crippen LogP contribution >= 0.6 is 27.7 Å². The van der Waals surface area contributed by atoms with Gasteiger partial charge in [0.25, 0.3) is 0 Å². The molecule has 1 unspecified atom stereocenters. The Morgan fingerprint density at radius 1 is 1.56 bits per heavy atom.